The fraction of sp³-hybridized carbons (Fsp3) is 0.875. The van der Waals surface area contributed by atoms with Crippen molar-refractivity contribution in [1.82, 2.24) is 10.6 Å². The summed E-state index contributed by atoms with van der Waals surface area (Å²) in [6.45, 7) is 2.05. The van der Waals surface area contributed by atoms with Crippen LogP contribution in [0, 0.1) is 5.92 Å². The Hall–Kier alpha value is -0.850. The normalized spacial score (nSPS) is 28.7. The molecule has 7 heteroatoms. The summed E-state index contributed by atoms with van der Waals surface area (Å²) in [6.07, 6.45) is 6.41. The molecule has 0 radical (unpaired) electrons. The van der Waals surface area contributed by atoms with E-state index in [1.54, 1.807) is 0 Å². The Morgan fingerprint density at radius 3 is 2.61 bits per heavy atom. The quantitative estimate of drug-likeness (QED) is 0.751. The Balaban J connectivity index is 0.00000264. The summed E-state index contributed by atoms with van der Waals surface area (Å²) in [5.41, 5.74) is 0. The number of methoxy groups -OCH3 is 1. The first kappa shape index (κ1) is 20.2. The molecule has 1 heterocycles. The van der Waals surface area contributed by atoms with Crippen LogP contribution >= 0.6 is 12.4 Å². The van der Waals surface area contributed by atoms with E-state index in [-0.39, 0.29) is 42.3 Å². The van der Waals surface area contributed by atoms with E-state index in [1.807, 2.05) is 0 Å². The van der Waals surface area contributed by atoms with Gasteiger partial charge in [0.15, 0.2) is 0 Å². The van der Waals surface area contributed by atoms with Crippen LogP contribution in [0.1, 0.15) is 44.9 Å². The smallest absolute Gasteiger partial charge is 0.310 e. The molecule has 3 unspecified atom stereocenters. The number of amides is 1. The second kappa shape index (κ2) is 10.8. The van der Waals surface area contributed by atoms with Gasteiger partial charge in [0.2, 0.25) is 5.91 Å². The van der Waals surface area contributed by atoms with E-state index in [4.69, 9.17) is 9.47 Å². The van der Waals surface area contributed by atoms with Gasteiger partial charge in [-0.3, -0.25) is 9.59 Å². The molecule has 3 atom stereocenters. The molecule has 1 aliphatic carbocycles. The zero-order valence-electron chi connectivity index (χ0n) is 13.8. The number of halogens is 1. The maximum Gasteiger partial charge on any atom is 0.310 e. The maximum absolute atomic E-state index is 12.3. The minimum Gasteiger partial charge on any atom is -0.469 e. The van der Waals surface area contributed by atoms with Crippen LogP contribution in [0.3, 0.4) is 0 Å². The van der Waals surface area contributed by atoms with Crippen LogP contribution in [-0.2, 0) is 19.1 Å². The second-order valence-electron chi connectivity index (χ2n) is 6.23. The first-order valence-electron chi connectivity index (χ1n) is 8.39. The Kier molecular flexibility index (Phi) is 9.52. The van der Waals surface area contributed by atoms with E-state index in [9.17, 15) is 9.59 Å². The minimum absolute atomic E-state index is 0. The van der Waals surface area contributed by atoms with Crippen molar-refractivity contribution in [3.8, 4) is 0 Å². The molecule has 2 N–H and O–H groups in total. The molecule has 134 valence electrons. The third-order valence-corrected chi connectivity index (χ3v) is 4.55. The average Bonchev–Trinajstić information content (AvgIpc) is 2.50. The van der Waals surface area contributed by atoms with Crippen molar-refractivity contribution in [3.05, 3.63) is 0 Å². The van der Waals surface area contributed by atoms with Crippen molar-refractivity contribution >= 4 is 24.3 Å². The third-order valence-electron chi connectivity index (χ3n) is 4.55. The summed E-state index contributed by atoms with van der Waals surface area (Å²) in [6, 6.07) is -0.0383. The molecule has 0 aromatic rings. The molecule has 6 nitrogen and oxygen atoms in total. The Morgan fingerprint density at radius 2 is 1.96 bits per heavy atom. The van der Waals surface area contributed by atoms with Gasteiger partial charge in [-0.2, -0.15) is 0 Å². The summed E-state index contributed by atoms with van der Waals surface area (Å²) in [4.78, 5) is 24.3. The zero-order valence-corrected chi connectivity index (χ0v) is 14.7. The highest BCUT2D eigenvalue weighted by molar-refractivity contribution is 5.85. The predicted octanol–water partition coefficient (Wildman–Crippen LogP) is 1.41. The van der Waals surface area contributed by atoms with Crippen LogP contribution in [0.4, 0.5) is 0 Å². The number of carbonyl (C=O) groups excluding carboxylic acids is 2. The molecular weight excluding hydrogens is 320 g/mol. The van der Waals surface area contributed by atoms with Gasteiger partial charge in [0.25, 0.3) is 0 Å². The lowest BCUT2D eigenvalue weighted by Gasteiger charge is -2.29. The van der Waals surface area contributed by atoms with Gasteiger partial charge in [-0.25, -0.2) is 0 Å². The first-order chi connectivity index (χ1) is 10.7. The molecule has 2 aliphatic rings. The lowest BCUT2D eigenvalue weighted by Crippen LogP contribution is -2.48. The van der Waals surface area contributed by atoms with E-state index in [0.29, 0.717) is 19.6 Å². The lowest BCUT2D eigenvalue weighted by molar-refractivity contribution is -0.147. The molecule has 1 amide bonds. The van der Waals surface area contributed by atoms with E-state index < -0.39 is 0 Å². The molecule has 0 aromatic carbocycles. The Morgan fingerprint density at radius 1 is 1.22 bits per heavy atom. The highest BCUT2D eigenvalue weighted by Crippen LogP contribution is 2.24. The van der Waals surface area contributed by atoms with Gasteiger partial charge in [0.1, 0.15) is 0 Å². The van der Waals surface area contributed by atoms with Crippen molar-refractivity contribution in [2.75, 3.05) is 26.9 Å². The van der Waals surface area contributed by atoms with Crippen LogP contribution in [-0.4, -0.2) is 50.8 Å². The number of carbonyl (C=O) groups is 2. The average molecular weight is 349 g/mol. The molecule has 1 aliphatic heterocycles. The molecule has 1 saturated heterocycles. The zero-order chi connectivity index (χ0) is 15.8. The SMILES string of the molecule is COC(=O)C1CCCCCCC1NC(=O)CC1COCCN1.Cl. The monoisotopic (exact) mass is 348 g/mol. The number of esters is 1. The fourth-order valence-corrected chi connectivity index (χ4v) is 3.33. The molecule has 23 heavy (non-hydrogen) atoms. The largest absolute Gasteiger partial charge is 0.469 e. The Labute approximate surface area is 144 Å². The van der Waals surface area contributed by atoms with Crippen molar-refractivity contribution in [3.63, 3.8) is 0 Å². The maximum atomic E-state index is 12.3. The first-order valence-corrected chi connectivity index (χ1v) is 8.39. The summed E-state index contributed by atoms with van der Waals surface area (Å²) in [5, 5.41) is 6.34. The van der Waals surface area contributed by atoms with Crippen molar-refractivity contribution in [2.45, 2.75) is 57.0 Å². The molecule has 1 saturated carbocycles. The van der Waals surface area contributed by atoms with Crippen LogP contribution in [0.5, 0.6) is 0 Å². The molecule has 2 rings (SSSR count). The summed E-state index contributed by atoms with van der Waals surface area (Å²) in [7, 11) is 1.42. The molecular formula is C16H29ClN2O4. The van der Waals surface area contributed by atoms with Crippen LogP contribution in [0.15, 0.2) is 0 Å². The van der Waals surface area contributed by atoms with E-state index >= 15 is 0 Å². The number of ether oxygens (including phenoxy) is 2. The van der Waals surface area contributed by atoms with E-state index in [0.717, 1.165) is 45.1 Å². The van der Waals surface area contributed by atoms with Gasteiger partial charge >= 0.3 is 5.97 Å². The van der Waals surface area contributed by atoms with Gasteiger partial charge in [-0.05, 0) is 12.8 Å². The van der Waals surface area contributed by atoms with Crippen molar-refractivity contribution in [1.29, 1.82) is 0 Å². The van der Waals surface area contributed by atoms with Gasteiger partial charge in [-0.1, -0.05) is 25.7 Å². The highest BCUT2D eigenvalue weighted by atomic mass is 35.5. The number of hydrogen-bond acceptors (Lipinski definition) is 5. The van der Waals surface area contributed by atoms with Crippen LogP contribution in [0.25, 0.3) is 0 Å². The highest BCUT2D eigenvalue weighted by Gasteiger charge is 2.31. The molecule has 0 bridgehead atoms. The molecule has 2 fully saturated rings. The van der Waals surface area contributed by atoms with Crippen LogP contribution < -0.4 is 10.6 Å². The standard InChI is InChI=1S/C16H28N2O4.ClH/c1-21-16(20)13-6-4-2-3-5-7-14(13)18-15(19)10-12-11-22-9-8-17-12;/h12-14,17H,2-11H2,1H3,(H,18,19);1H. The van der Waals surface area contributed by atoms with E-state index in [2.05, 4.69) is 10.6 Å². The van der Waals surface area contributed by atoms with Gasteiger partial charge < -0.3 is 20.1 Å². The number of morpholine rings is 1. The molecule has 0 spiro atoms. The minimum atomic E-state index is -0.218. The molecule has 0 aromatic heterocycles. The number of rotatable bonds is 4. The van der Waals surface area contributed by atoms with E-state index in [1.165, 1.54) is 7.11 Å². The topological polar surface area (TPSA) is 76.7 Å². The van der Waals surface area contributed by atoms with Gasteiger partial charge in [0, 0.05) is 25.0 Å². The Bertz CT molecular complexity index is 375. The summed E-state index contributed by atoms with van der Waals surface area (Å²) in [5.74, 6) is -0.432. The second-order valence-corrected chi connectivity index (χ2v) is 6.23. The van der Waals surface area contributed by atoms with Gasteiger partial charge in [0.05, 0.1) is 26.2 Å². The summed E-state index contributed by atoms with van der Waals surface area (Å²) < 4.78 is 10.3. The van der Waals surface area contributed by atoms with Crippen molar-refractivity contribution < 1.29 is 19.1 Å². The summed E-state index contributed by atoms with van der Waals surface area (Å²) >= 11 is 0. The van der Waals surface area contributed by atoms with Crippen LogP contribution in [0.2, 0.25) is 0 Å². The third kappa shape index (κ3) is 6.65. The fourth-order valence-electron chi connectivity index (χ4n) is 3.33. The van der Waals surface area contributed by atoms with Gasteiger partial charge in [-0.15, -0.1) is 12.4 Å². The lowest BCUT2D eigenvalue weighted by atomic mass is 9.86. The van der Waals surface area contributed by atoms with Crippen molar-refractivity contribution in [2.24, 2.45) is 5.92 Å². The predicted molar refractivity (Wildman–Crippen MR) is 89.6 cm³/mol. The number of hydrogen-bond donors (Lipinski definition) is 2. The number of nitrogens with one attached hydrogen (secondary N) is 2.